The van der Waals surface area contributed by atoms with Gasteiger partial charge in [0.05, 0.1) is 23.5 Å². The number of piperazine rings is 1. The van der Waals surface area contributed by atoms with E-state index in [2.05, 4.69) is 5.10 Å². The molecule has 1 aliphatic rings. The van der Waals surface area contributed by atoms with E-state index in [1.165, 1.54) is 16.8 Å². The zero-order chi connectivity index (χ0) is 18.0. The normalized spacial score (nSPS) is 14.3. The van der Waals surface area contributed by atoms with Gasteiger partial charge in [-0.1, -0.05) is 0 Å². The molecule has 1 aromatic carbocycles. The van der Waals surface area contributed by atoms with E-state index in [-0.39, 0.29) is 22.6 Å². The summed E-state index contributed by atoms with van der Waals surface area (Å²) in [6.07, 6.45) is 1.62. The zero-order valence-electron chi connectivity index (χ0n) is 13.6. The van der Waals surface area contributed by atoms with Crippen LogP contribution in [-0.2, 0) is 7.05 Å². The molecule has 2 aromatic rings. The third kappa shape index (κ3) is 3.50. The third-order valence-electron chi connectivity index (χ3n) is 4.16. The van der Waals surface area contributed by atoms with Crippen LogP contribution in [-0.4, -0.2) is 46.8 Å². The summed E-state index contributed by atoms with van der Waals surface area (Å²) in [5, 5.41) is 12.9. The molecule has 0 unspecified atom stereocenters. The van der Waals surface area contributed by atoms with Crippen LogP contribution in [0.3, 0.4) is 0 Å². The number of anilines is 1. The highest BCUT2D eigenvalue weighted by Gasteiger charge is 2.23. The smallest absolute Gasteiger partial charge is 0.268 e. The molecule has 1 aliphatic heterocycles. The van der Waals surface area contributed by atoms with Gasteiger partial charge in [-0.05, 0) is 18.2 Å². The summed E-state index contributed by atoms with van der Waals surface area (Å²) in [5.41, 5.74) is 0.806. The van der Waals surface area contributed by atoms with Crippen LogP contribution in [0.2, 0.25) is 0 Å². The van der Waals surface area contributed by atoms with Crippen molar-refractivity contribution in [3.63, 3.8) is 0 Å². The minimum Gasteiger partial charge on any atom is -0.367 e. The number of nitriles is 1. The lowest BCUT2D eigenvalue weighted by atomic mass is 10.1. The first-order valence-corrected chi connectivity index (χ1v) is 7.76. The van der Waals surface area contributed by atoms with Crippen molar-refractivity contribution >= 4 is 11.6 Å². The Labute approximate surface area is 143 Å². The van der Waals surface area contributed by atoms with Gasteiger partial charge in [0.2, 0.25) is 0 Å². The maximum absolute atomic E-state index is 13.5. The lowest BCUT2D eigenvalue weighted by molar-refractivity contribution is 0.0746. The number of hydrogen-bond donors (Lipinski definition) is 0. The van der Waals surface area contributed by atoms with Crippen LogP contribution >= 0.6 is 0 Å². The lowest BCUT2D eigenvalue weighted by Gasteiger charge is -2.35. The number of halogens is 1. The molecule has 1 aromatic heterocycles. The molecular formula is C17H16FN5O2. The molecule has 7 nitrogen and oxygen atoms in total. The molecule has 8 heteroatoms. The van der Waals surface area contributed by atoms with E-state index in [4.69, 9.17) is 5.26 Å². The first kappa shape index (κ1) is 16.6. The number of rotatable bonds is 2. The first-order valence-electron chi connectivity index (χ1n) is 7.76. The Hall–Kier alpha value is -3.21. The van der Waals surface area contributed by atoms with Gasteiger partial charge in [-0.15, -0.1) is 0 Å². The Morgan fingerprint density at radius 2 is 1.92 bits per heavy atom. The second-order valence-corrected chi connectivity index (χ2v) is 5.80. The van der Waals surface area contributed by atoms with Crippen LogP contribution < -0.4 is 10.5 Å². The Kier molecular flexibility index (Phi) is 4.48. The number of amides is 1. The average Bonchev–Trinajstić information content (AvgIpc) is 2.63. The van der Waals surface area contributed by atoms with Gasteiger partial charge in [0.25, 0.3) is 11.5 Å². The fourth-order valence-electron chi connectivity index (χ4n) is 2.76. The highest BCUT2D eigenvalue weighted by molar-refractivity contribution is 5.94. The summed E-state index contributed by atoms with van der Waals surface area (Å²) >= 11 is 0. The Bertz CT molecular complexity index is 910. The second kappa shape index (κ2) is 6.73. The monoisotopic (exact) mass is 341 g/mol. The van der Waals surface area contributed by atoms with Crippen LogP contribution in [0.15, 0.2) is 35.3 Å². The molecule has 2 heterocycles. The van der Waals surface area contributed by atoms with Crippen molar-refractivity contribution in [2.45, 2.75) is 0 Å². The van der Waals surface area contributed by atoms with Gasteiger partial charge < -0.3 is 9.80 Å². The maximum Gasteiger partial charge on any atom is 0.268 e. The van der Waals surface area contributed by atoms with Crippen molar-refractivity contribution in [1.82, 2.24) is 14.7 Å². The molecule has 3 rings (SSSR count). The minimum atomic E-state index is -0.604. The topological polar surface area (TPSA) is 82.2 Å². The Morgan fingerprint density at radius 3 is 2.56 bits per heavy atom. The van der Waals surface area contributed by atoms with Gasteiger partial charge in [-0.25, -0.2) is 9.07 Å². The SMILES string of the molecule is Cn1ncc(N2CCN(C(=O)c3cc(F)cc(C#N)c3)CC2)cc1=O. The third-order valence-corrected chi connectivity index (χ3v) is 4.16. The Morgan fingerprint density at radius 1 is 1.20 bits per heavy atom. The van der Waals surface area contributed by atoms with Gasteiger partial charge in [0.1, 0.15) is 5.82 Å². The van der Waals surface area contributed by atoms with Gasteiger partial charge in [0.15, 0.2) is 0 Å². The number of carbonyl (C=O) groups is 1. The fraction of sp³-hybridized carbons (Fsp3) is 0.294. The van der Waals surface area contributed by atoms with E-state index in [0.29, 0.717) is 31.9 Å². The van der Waals surface area contributed by atoms with Crippen molar-refractivity contribution in [3.05, 3.63) is 57.8 Å². The van der Waals surface area contributed by atoms with Crippen molar-refractivity contribution in [2.24, 2.45) is 7.05 Å². The number of hydrogen-bond acceptors (Lipinski definition) is 5. The maximum atomic E-state index is 13.5. The largest absolute Gasteiger partial charge is 0.367 e. The summed E-state index contributed by atoms with van der Waals surface area (Å²) in [6.45, 7) is 1.96. The molecule has 0 aliphatic carbocycles. The van der Waals surface area contributed by atoms with E-state index in [1.54, 1.807) is 18.1 Å². The predicted molar refractivity (Wildman–Crippen MR) is 88.7 cm³/mol. The van der Waals surface area contributed by atoms with Crippen molar-refractivity contribution in [3.8, 4) is 6.07 Å². The molecule has 0 atom stereocenters. The summed E-state index contributed by atoms with van der Waals surface area (Å²) in [7, 11) is 1.58. The summed E-state index contributed by atoms with van der Waals surface area (Å²) < 4.78 is 14.8. The van der Waals surface area contributed by atoms with E-state index >= 15 is 0 Å². The molecule has 1 amide bonds. The Balaban J connectivity index is 1.70. The molecule has 1 fully saturated rings. The number of benzene rings is 1. The highest BCUT2D eigenvalue weighted by atomic mass is 19.1. The van der Waals surface area contributed by atoms with Gasteiger partial charge in [0, 0.05) is 44.9 Å². The van der Waals surface area contributed by atoms with Gasteiger partial charge in [-0.2, -0.15) is 10.4 Å². The van der Waals surface area contributed by atoms with Gasteiger partial charge >= 0.3 is 0 Å². The van der Waals surface area contributed by atoms with Crippen molar-refractivity contribution < 1.29 is 9.18 Å². The summed E-state index contributed by atoms with van der Waals surface area (Å²) in [4.78, 5) is 27.8. The molecule has 0 saturated carbocycles. The predicted octanol–water partition coefficient (Wildman–Crippen LogP) is 0.753. The molecule has 0 bridgehead atoms. The molecule has 25 heavy (non-hydrogen) atoms. The number of aryl methyl sites for hydroxylation is 1. The van der Waals surface area contributed by atoms with Crippen molar-refractivity contribution in [2.75, 3.05) is 31.1 Å². The van der Waals surface area contributed by atoms with Crippen LogP contribution in [0.5, 0.6) is 0 Å². The average molecular weight is 341 g/mol. The van der Waals surface area contributed by atoms with E-state index < -0.39 is 5.82 Å². The van der Waals surface area contributed by atoms with Crippen LogP contribution in [0.25, 0.3) is 0 Å². The second-order valence-electron chi connectivity index (χ2n) is 5.80. The molecule has 0 N–H and O–H groups in total. The van der Waals surface area contributed by atoms with Crippen LogP contribution in [0.4, 0.5) is 10.1 Å². The van der Waals surface area contributed by atoms with Crippen LogP contribution in [0, 0.1) is 17.1 Å². The van der Waals surface area contributed by atoms with E-state index in [0.717, 1.165) is 12.1 Å². The van der Waals surface area contributed by atoms with Crippen molar-refractivity contribution in [1.29, 1.82) is 5.26 Å². The summed E-state index contributed by atoms with van der Waals surface area (Å²) in [5.74, 6) is -0.912. The van der Waals surface area contributed by atoms with E-state index in [1.807, 2.05) is 11.0 Å². The van der Waals surface area contributed by atoms with E-state index in [9.17, 15) is 14.0 Å². The quantitative estimate of drug-likeness (QED) is 0.805. The standard InChI is InChI=1S/C17H16FN5O2/c1-21-16(24)9-15(11-20-21)22-2-4-23(5-3-22)17(25)13-6-12(10-19)7-14(18)8-13/h6-9,11H,2-5H2,1H3. The number of aromatic nitrogens is 2. The van der Waals surface area contributed by atoms with Crippen LogP contribution in [0.1, 0.15) is 15.9 Å². The fourth-order valence-corrected chi connectivity index (χ4v) is 2.76. The summed E-state index contributed by atoms with van der Waals surface area (Å²) in [6, 6.07) is 6.98. The first-order chi connectivity index (χ1) is 12.0. The molecule has 1 saturated heterocycles. The highest BCUT2D eigenvalue weighted by Crippen LogP contribution is 2.16. The molecule has 128 valence electrons. The number of carbonyl (C=O) groups excluding carboxylic acids is 1. The molecule has 0 radical (unpaired) electrons. The van der Waals surface area contributed by atoms with Gasteiger partial charge in [-0.3, -0.25) is 9.59 Å². The number of nitrogens with zero attached hydrogens (tertiary/aromatic N) is 5. The lowest BCUT2D eigenvalue weighted by Crippen LogP contribution is -2.49. The minimum absolute atomic E-state index is 0.119. The zero-order valence-corrected chi connectivity index (χ0v) is 13.6. The molecule has 0 spiro atoms. The molecular weight excluding hydrogens is 325 g/mol.